The van der Waals surface area contributed by atoms with E-state index in [1.54, 1.807) is 19.1 Å². The fourth-order valence-corrected chi connectivity index (χ4v) is 1.70. The van der Waals surface area contributed by atoms with Gasteiger partial charge in [-0.25, -0.2) is 4.39 Å². The first-order valence-electron chi connectivity index (χ1n) is 5.46. The second-order valence-electron chi connectivity index (χ2n) is 4.19. The molecule has 2 aromatic rings. The molecule has 19 heavy (non-hydrogen) atoms. The lowest BCUT2D eigenvalue weighted by Gasteiger charge is -2.10. The van der Waals surface area contributed by atoms with Gasteiger partial charge in [0, 0.05) is 5.56 Å². The van der Waals surface area contributed by atoms with Gasteiger partial charge in [-0.3, -0.25) is 0 Å². The van der Waals surface area contributed by atoms with Crippen molar-refractivity contribution in [3.05, 3.63) is 53.3 Å². The summed E-state index contributed by atoms with van der Waals surface area (Å²) >= 11 is 0. The van der Waals surface area contributed by atoms with Crippen LogP contribution in [0.1, 0.15) is 11.1 Å². The lowest BCUT2D eigenvalue weighted by Crippen LogP contribution is -2.05. The van der Waals surface area contributed by atoms with Crippen LogP contribution in [0.5, 0.6) is 5.75 Å². The topological polar surface area (TPSA) is 20.2 Å². The quantitative estimate of drug-likeness (QED) is 0.755. The molecule has 0 fully saturated rings. The van der Waals surface area contributed by atoms with Crippen molar-refractivity contribution in [3.63, 3.8) is 0 Å². The van der Waals surface area contributed by atoms with E-state index in [4.69, 9.17) is 0 Å². The van der Waals surface area contributed by atoms with Crippen molar-refractivity contribution < 1.29 is 22.7 Å². The summed E-state index contributed by atoms with van der Waals surface area (Å²) in [6.45, 7) is 1.67. The first-order valence-corrected chi connectivity index (χ1v) is 5.46. The standard InChI is InChI=1S/C14H10F4O/c1-8-2-3-9(6-13(8)19)11-5-4-10(7-12(11)15)14(16,17)18/h2-7,19H,1H3. The van der Waals surface area contributed by atoms with Crippen molar-refractivity contribution in [3.8, 4) is 16.9 Å². The van der Waals surface area contributed by atoms with Gasteiger partial charge in [0.25, 0.3) is 0 Å². The van der Waals surface area contributed by atoms with Gasteiger partial charge in [0.1, 0.15) is 11.6 Å². The van der Waals surface area contributed by atoms with E-state index in [1.165, 1.54) is 6.07 Å². The van der Waals surface area contributed by atoms with Crippen LogP contribution in [0.2, 0.25) is 0 Å². The van der Waals surface area contributed by atoms with Crippen molar-refractivity contribution in [2.45, 2.75) is 13.1 Å². The maximum Gasteiger partial charge on any atom is 0.416 e. The highest BCUT2D eigenvalue weighted by Gasteiger charge is 2.31. The number of benzene rings is 2. The number of aryl methyl sites for hydroxylation is 1. The van der Waals surface area contributed by atoms with E-state index in [0.29, 0.717) is 17.2 Å². The van der Waals surface area contributed by atoms with Crippen LogP contribution in [0, 0.1) is 12.7 Å². The van der Waals surface area contributed by atoms with Gasteiger partial charge in [-0.05, 0) is 36.2 Å². The van der Waals surface area contributed by atoms with Gasteiger partial charge in [0.15, 0.2) is 0 Å². The third kappa shape index (κ3) is 2.70. The molecule has 0 aromatic heterocycles. The van der Waals surface area contributed by atoms with Gasteiger partial charge >= 0.3 is 6.18 Å². The summed E-state index contributed by atoms with van der Waals surface area (Å²) in [5.74, 6) is -1.00. The van der Waals surface area contributed by atoms with Crippen LogP contribution in [0.25, 0.3) is 11.1 Å². The van der Waals surface area contributed by atoms with Crippen molar-refractivity contribution >= 4 is 0 Å². The Morgan fingerprint density at radius 2 is 1.68 bits per heavy atom. The van der Waals surface area contributed by atoms with Gasteiger partial charge in [-0.2, -0.15) is 13.2 Å². The van der Waals surface area contributed by atoms with E-state index in [0.717, 1.165) is 12.1 Å². The van der Waals surface area contributed by atoms with Crippen LogP contribution in [0.3, 0.4) is 0 Å². The largest absolute Gasteiger partial charge is 0.508 e. The normalized spacial score (nSPS) is 11.6. The molecule has 0 atom stereocenters. The molecule has 0 bridgehead atoms. The Hall–Kier alpha value is -2.04. The third-order valence-corrected chi connectivity index (χ3v) is 2.82. The summed E-state index contributed by atoms with van der Waals surface area (Å²) < 4.78 is 51.0. The van der Waals surface area contributed by atoms with Crippen LogP contribution in [0.15, 0.2) is 36.4 Å². The van der Waals surface area contributed by atoms with E-state index in [2.05, 4.69) is 0 Å². The second kappa shape index (κ2) is 4.57. The van der Waals surface area contributed by atoms with E-state index < -0.39 is 17.6 Å². The minimum absolute atomic E-state index is 0.0169. The van der Waals surface area contributed by atoms with Crippen LogP contribution >= 0.6 is 0 Å². The first-order chi connectivity index (χ1) is 8.79. The Morgan fingerprint density at radius 3 is 2.21 bits per heavy atom. The molecule has 1 N–H and O–H groups in total. The predicted molar refractivity (Wildman–Crippen MR) is 63.2 cm³/mol. The monoisotopic (exact) mass is 270 g/mol. The van der Waals surface area contributed by atoms with Crippen LogP contribution in [0.4, 0.5) is 17.6 Å². The first kappa shape index (κ1) is 13.4. The van der Waals surface area contributed by atoms with Gasteiger partial charge in [-0.1, -0.05) is 18.2 Å². The molecule has 0 aliphatic rings. The summed E-state index contributed by atoms with van der Waals surface area (Å²) in [6.07, 6.45) is -4.57. The molecule has 2 aromatic carbocycles. The lowest BCUT2D eigenvalue weighted by atomic mass is 10.0. The minimum Gasteiger partial charge on any atom is -0.508 e. The van der Waals surface area contributed by atoms with Gasteiger partial charge in [0.2, 0.25) is 0 Å². The van der Waals surface area contributed by atoms with Crippen LogP contribution < -0.4 is 0 Å². The molecule has 0 spiro atoms. The molecule has 0 unspecified atom stereocenters. The Bertz CT molecular complexity index is 617. The molecule has 0 aliphatic heterocycles. The highest BCUT2D eigenvalue weighted by atomic mass is 19.4. The van der Waals surface area contributed by atoms with Crippen LogP contribution in [-0.4, -0.2) is 5.11 Å². The summed E-state index contributed by atoms with van der Waals surface area (Å²) in [5, 5.41) is 9.53. The number of aromatic hydroxyl groups is 1. The molecule has 0 amide bonds. The Morgan fingerprint density at radius 1 is 1.00 bits per heavy atom. The molecular formula is C14H10F4O. The summed E-state index contributed by atoms with van der Waals surface area (Å²) in [4.78, 5) is 0. The molecule has 0 radical (unpaired) electrons. The van der Waals surface area contributed by atoms with E-state index in [-0.39, 0.29) is 11.3 Å². The Labute approximate surface area is 107 Å². The minimum atomic E-state index is -4.57. The van der Waals surface area contributed by atoms with Crippen molar-refractivity contribution in [2.75, 3.05) is 0 Å². The molecule has 0 aliphatic carbocycles. The molecular weight excluding hydrogens is 260 g/mol. The maximum atomic E-state index is 13.7. The number of alkyl halides is 3. The summed E-state index contributed by atoms with van der Waals surface area (Å²) in [6, 6.07) is 6.76. The molecule has 1 nitrogen and oxygen atoms in total. The number of hydrogen-bond acceptors (Lipinski definition) is 1. The van der Waals surface area contributed by atoms with Gasteiger partial charge < -0.3 is 5.11 Å². The van der Waals surface area contributed by atoms with Gasteiger partial charge in [0.05, 0.1) is 5.56 Å². The van der Waals surface area contributed by atoms with E-state index in [9.17, 15) is 22.7 Å². The fraction of sp³-hybridized carbons (Fsp3) is 0.143. The van der Waals surface area contributed by atoms with Crippen molar-refractivity contribution in [1.82, 2.24) is 0 Å². The average Bonchev–Trinajstić information content (AvgIpc) is 2.31. The Kier molecular flexibility index (Phi) is 3.22. The number of rotatable bonds is 1. The summed E-state index contributed by atoms with van der Waals surface area (Å²) in [5.41, 5.74) is -0.0845. The summed E-state index contributed by atoms with van der Waals surface area (Å²) in [7, 11) is 0. The van der Waals surface area contributed by atoms with E-state index >= 15 is 0 Å². The van der Waals surface area contributed by atoms with Gasteiger partial charge in [-0.15, -0.1) is 0 Å². The van der Waals surface area contributed by atoms with Crippen molar-refractivity contribution in [2.24, 2.45) is 0 Å². The highest BCUT2D eigenvalue weighted by Crippen LogP contribution is 2.33. The Balaban J connectivity index is 2.49. The maximum absolute atomic E-state index is 13.7. The number of phenols is 1. The highest BCUT2D eigenvalue weighted by molar-refractivity contribution is 5.67. The zero-order valence-corrected chi connectivity index (χ0v) is 9.92. The molecule has 0 heterocycles. The zero-order chi connectivity index (χ0) is 14.2. The number of phenolic OH excluding ortho intramolecular Hbond substituents is 1. The molecule has 2 rings (SSSR count). The smallest absolute Gasteiger partial charge is 0.416 e. The molecule has 0 saturated carbocycles. The molecule has 0 saturated heterocycles. The SMILES string of the molecule is Cc1ccc(-c2ccc(C(F)(F)F)cc2F)cc1O. The average molecular weight is 270 g/mol. The number of hydrogen-bond donors (Lipinski definition) is 1. The molecule has 5 heteroatoms. The second-order valence-corrected chi connectivity index (χ2v) is 4.19. The zero-order valence-electron chi connectivity index (χ0n) is 9.92. The van der Waals surface area contributed by atoms with E-state index in [1.807, 2.05) is 0 Å². The third-order valence-electron chi connectivity index (χ3n) is 2.82. The number of halogens is 4. The fourth-order valence-electron chi connectivity index (χ4n) is 1.70. The lowest BCUT2D eigenvalue weighted by molar-refractivity contribution is -0.137. The van der Waals surface area contributed by atoms with Crippen molar-refractivity contribution in [1.29, 1.82) is 0 Å². The van der Waals surface area contributed by atoms with Crippen LogP contribution in [-0.2, 0) is 6.18 Å². The molecule has 100 valence electrons. The predicted octanol–water partition coefficient (Wildman–Crippen LogP) is 4.53.